The number of hydrogen-bond donors (Lipinski definition) is 2. The van der Waals surface area contributed by atoms with Gasteiger partial charge in [0.05, 0.1) is 11.7 Å². The Morgan fingerprint density at radius 1 is 1.28 bits per heavy atom. The van der Waals surface area contributed by atoms with Crippen LogP contribution in [-0.4, -0.2) is 21.9 Å². The zero-order valence-corrected chi connectivity index (χ0v) is 10.8. The van der Waals surface area contributed by atoms with Gasteiger partial charge in [0.2, 0.25) is 0 Å². The maximum Gasteiger partial charge on any atom is 0.123 e. The minimum Gasteiger partial charge on any atom is -0.390 e. The summed E-state index contributed by atoms with van der Waals surface area (Å²) in [5.74, 6) is -0.293. The van der Waals surface area contributed by atoms with Crippen molar-refractivity contribution >= 4 is 0 Å². The van der Waals surface area contributed by atoms with Crippen molar-refractivity contribution in [2.45, 2.75) is 57.2 Å². The average Bonchev–Trinajstić information content (AvgIpc) is 2.35. The van der Waals surface area contributed by atoms with Crippen LogP contribution in [0.25, 0.3) is 0 Å². The number of hydrogen-bond acceptors (Lipinski definition) is 2. The third-order valence-corrected chi connectivity index (χ3v) is 4.06. The molecule has 1 saturated carbocycles. The van der Waals surface area contributed by atoms with Gasteiger partial charge in [0.1, 0.15) is 5.82 Å². The fourth-order valence-corrected chi connectivity index (χ4v) is 2.76. The largest absolute Gasteiger partial charge is 0.390 e. The van der Waals surface area contributed by atoms with Gasteiger partial charge in [0.15, 0.2) is 0 Å². The highest BCUT2D eigenvalue weighted by molar-refractivity contribution is 5.27. The van der Waals surface area contributed by atoms with Crippen LogP contribution < -0.4 is 0 Å². The summed E-state index contributed by atoms with van der Waals surface area (Å²) in [5.41, 5.74) is 0.744. The molecule has 1 aromatic carbocycles. The smallest absolute Gasteiger partial charge is 0.123 e. The molecule has 0 saturated heterocycles. The Morgan fingerprint density at radius 2 is 1.94 bits per heavy atom. The standard InChI is InChI=1S/C15H21FO2/c1-11-5-6-13(16)9-12(11)10-14(17)15(18)7-3-2-4-8-15/h5-6,9,14,17-18H,2-4,7-8,10H2,1H3. The van der Waals surface area contributed by atoms with Gasteiger partial charge < -0.3 is 10.2 Å². The first-order valence-electron chi connectivity index (χ1n) is 6.67. The first kappa shape index (κ1) is 13.5. The number of rotatable bonds is 3. The zero-order valence-electron chi connectivity index (χ0n) is 10.8. The third-order valence-electron chi connectivity index (χ3n) is 4.06. The number of aliphatic hydroxyl groups excluding tert-OH is 1. The molecule has 0 aliphatic heterocycles. The van der Waals surface area contributed by atoms with Gasteiger partial charge in [-0.3, -0.25) is 0 Å². The van der Waals surface area contributed by atoms with Crippen molar-refractivity contribution in [2.75, 3.05) is 0 Å². The van der Waals surface area contributed by atoms with E-state index in [1.54, 1.807) is 6.07 Å². The molecule has 1 fully saturated rings. The van der Waals surface area contributed by atoms with Crippen molar-refractivity contribution < 1.29 is 14.6 Å². The van der Waals surface area contributed by atoms with Gasteiger partial charge in [-0.25, -0.2) is 4.39 Å². The SMILES string of the molecule is Cc1ccc(F)cc1CC(O)C1(O)CCCCC1. The van der Waals surface area contributed by atoms with Crippen molar-refractivity contribution in [2.24, 2.45) is 0 Å². The molecule has 0 spiro atoms. The van der Waals surface area contributed by atoms with Crippen LogP contribution in [0.3, 0.4) is 0 Å². The van der Waals surface area contributed by atoms with Crippen LogP contribution in [-0.2, 0) is 6.42 Å². The summed E-state index contributed by atoms with van der Waals surface area (Å²) in [4.78, 5) is 0. The van der Waals surface area contributed by atoms with E-state index in [4.69, 9.17) is 0 Å². The molecule has 3 heteroatoms. The second kappa shape index (κ2) is 5.37. The van der Waals surface area contributed by atoms with E-state index in [0.29, 0.717) is 19.3 Å². The zero-order chi connectivity index (χ0) is 13.2. The first-order valence-corrected chi connectivity index (χ1v) is 6.67. The molecule has 2 nitrogen and oxygen atoms in total. The second-order valence-corrected chi connectivity index (χ2v) is 5.45. The Bertz CT molecular complexity index is 411. The lowest BCUT2D eigenvalue weighted by Crippen LogP contribution is -2.45. The van der Waals surface area contributed by atoms with Crippen LogP contribution >= 0.6 is 0 Å². The van der Waals surface area contributed by atoms with Crippen molar-refractivity contribution in [3.05, 3.63) is 35.1 Å². The van der Waals surface area contributed by atoms with Gasteiger partial charge in [-0.15, -0.1) is 0 Å². The van der Waals surface area contributed by atoms with Crippen molar-refractivity contribution in [1.82, 2.24) is 0 Å². The quantitative estimate of drug-likeness (QED) is 0.868. The van der Waals surface area contributed by atoms with Crippen LogP contribution in [0, 0.1) is 12.7 Å². The third kappa shape index (κ3) is 2.90. The Morgan fingerprint density at radius 3 is 2.61 bits per heavy atom. The van der Waals surface area contributed by atoms with Crippen LogP contribution in [0.1, 0.15) is 43.2 Å². The lowest BCUT2D eigenvalue weighted by atomic mass is 9.78. The molecule has 2 rings (SSSR count). The molecule has 2 N–H and O–H groups in total. The number of aliphatic hydroxyl groups is 2. The number of halogens is 1. The van der Waals surface area contributed by atoms with Crippen molar-refractivity contribution in [3.63, 3.8) is 0 Å². The summed E-state index contributed by atoms with van der Waals surface area (Å²) < 4.78 is 13.2. The van der Waals surface area contributed by atoms with Crippen LogP contribution in [0.4, 0.5) is 4.39 Å². The lowest BCUT2D eigenvalue weighted by Gasteiger charge is -2.36. The normalized spacial score (nSPS) is 20.7. The molecule has 1 unspecified atom stereocenters. The highest BCUT2D eigenvalue weighted by Gasteiger charge is 2.36. The molecule has 0 aromatic heterocycles. The summed E-state index contributed by atoms with van der Waals surface area (Å²) >= 11 is 0. The molecule has 0 amide bonds. The predicted molar refractivity (Wildman–Crippen MR) is 68.9 cm³/mol. The molecule has 0 heterocycles. The van der Waals surface area contributed by atoms with E-state index in [1.807, 2.05) is 6.92 Å². The van der Waals surface area contributed by atoms with Gasteiger partial charge in [0.25, 0.3) is 0 Å². The molecule has 0 radical (unpaired) electrons. The second-order valence-electron chi connectivity index (χ2n) is 5.45. The summed E-state index contributed by atoms with van der Waals surface area (Å²) in [7, 11) is 0. The van der Waals surface area contributed by atoms with E-state index in [1.165, 1.54) is 12.1 Å². The van der Waals surface area contributed by atoms with E-state index < -0.39 is 11.7 Å². The summed E-state index contributed by atoms with van der Waals surface area (Å²) in [5, 5.41) is 20.6. The monoisotopic (exact) mass is 252 g/mol. The summed E-state index contributed by atoms with van der Waals surface area (Å²) in [6, 6.07) is 4.58. The Balaban J connectivity index is 2.10. The molecule has 1 aromatic rings. The predicted octanol–water partition coefficient (Wildman–Crippen LogP) is 2.73. The van der Waals surface area contributed by atoms with E-state index in [0.717, 1.165) is 30.4 Å². The minimum atomic E-state index is -0.989. The van der Waals surface area contributed by atoms with E-state index in [-0.39, 0.29) is 5.82 Å². The van der Waals surface area contributed by atoms with Crippen LogP contribution in [0.2, 0.25) is 0 Å². The maximum atomic E-state index is 13.2. The van der Waals surface area contributed by atoms with Crippen molar-refractivity contribution in [1.29, 1.82) is 0 Å². The fourth-order valence-electron chi connectivity index (χ4n) is 2.76. The van der Waals surface area contributed by atoms with Crippen LogP contribution in [0.15, 0.2) is 18.2 Å². The molecular weight excluding hydrogens is 231 g/mol. The Kier molecular flexibility index (Phi) is 4.03. The van der Waals surface area contributed by atoms with Gasteiger partial charge in [-0.2, -0.15) is 0 Å². The number of aryl methyl sites for hydroxylation is 1. The lowest BCUT2D eigenvalue weighted by molar-refractivity contribution is -0.0961. The summed E-state index contributed by atoms with van der Waals surface area (Å²) in [6.45, 7) is 1.90. The van der Waals surface area contributed by atoms with Gasteiger partial charge >= 0.3 is 0 Å². The van der Waals surface area contributed by atoms with Gasteiger partial charge in [0, 0.05) is 6.42 Å². The van der Waals surface area contributed by atoms with Crippen LogP contribution in [0.5, 0.6) is 0 Å². The first-order chi connectivity index (χ1) is 8.51. The van der Waals surface area contributed by atoms with E-state index in [2.05, 4.69) is 0 Å². The van der Waals surface area contributed by atoms with E-state index >= 15 is 0 Å². The molecule has 100 valence electrons. The van der Waals surface area contributed by atoms with Gasteiger partial charge in [-0.05, 0) is 43.0 Å². The highest BCUT2D eigenvalue weighted by Crippen LogP contribution is 2.32. The molecule has 18 heavy (non-hydrogen) atoms. The molecule has 1 atom stereocenters. The minimum absolute atomic E-state index is 0.293. The molecule has 1 aliphatic carbocycles. The topological polar surface area (TPSA) is 40.5 Å². The molecule has 1 aliphatic rings. The number of benzene rings is 1. The Hall–Kier alpha value is -0.930. The van der Waals surface area contributed by atoms with E-state index in [9.17, 15) is 14.6 Å². The molecular formula is C15H21FO2. The van der Waals surface area contributed by atoms with Gasteiger partial charge in [-0.1, -0.05) is 25.3 Å². The summed E-state index contributed by atoms with van der Waals surface area (Å²) in [6.07, 6.45) is 3.82. The van der Waals surface area contributed by atoms with Crippen molar-refractivity contribution in [3.8, 4) is 0 Å². The maximum absolute atomic E-state index is 13.2. The Labute approximate surface area is 107 Å². The molecule has 0 bridgehead atoms. The average molecular weight is 252 g/mol. The highest BCUT2D eigenvalue weighted by atomic mass is 19.1. The fraction of sp³-hybridized carbons (Fsp3) is 0.600.